The van der Waals surface area contributed by atoms with E-state index in [0.29, 0.717) is 18.2 Å². The fourth-order valence-electron chi connectivity index (χ4n) is 3.29. The van der Waals surface area contributed by atoms with E-state index in [-0.39, 0.29) is 23.4 Å². The van der Waals surface area contributed by atoms with Gasteiger partial charge in [-0.25, -0.2) is 9.97 Å². The van der Waals surface area contributed by atoms with Crippen LogP contribution in [0.2, 0.25) is 0 Å². The number of allylic oxidation sites excluding steroid dienone is 2. The van der Waals surface area contributed by atoms with E-state index in [1.807, 2.05) is 4.90 Å². The Morgan fingerprint density at radius 2 is 2.19 bits per heavy atom. The number of carbonyl (C=O) groups excluding carboxylic acids is 2. The summed E-state index contributed by atoms with van der Waals surface area (Å²) >= 11 is 1.43. The van der Waals surface area contributed by atoms with Crippen LogP contribution in [0.3, 0.4) is 0 Å². The van der Waals surface area contributed by atoms with Gasteiger partial charge >= 0.3 is 0 Å². The van der Waals surface area contributed by atoms with Gasteiger partial charge in [0.15, 0.2) is 5.13 Å². The van der Waals surface area contributed by atoms with Crippen LogP contribution in [-0.4, -0.2) is 38.2 Å². The molecule has 1 atom stereocenters. The highest BCUT2D eigenvalue weighted by molar-refractivity contribution is 7.15. The molecule has 134 valence electrons. The van der Waals surface area contributed by atoms with Crippen molar-refractivity contribution >= 4 is 28.3 Å². The van der Waals surface area contributed by atoms with Crippen LogP contribution in [0, 0.1) is 5.92 Å². The third-order valence-corrected chi connectivity index (χ3v) is 5.68. The van der Waals surface area contributed by atoms with Gasteiger partial charge in [-0.05, 0) is 19.3 Å². The summed E-state index contributed by atoms with van der Waals surface area (Å²) < 4.78 is 0. The topological polar surface area (TPSA) is 88.1 Å². The number of fused-ring (bicyclic) bond motifs is 1. The third kappa shape index (κ3) is 3.50. The van der Waals surface area contributed by atoms with E-state index in [1.54, 1.807) is 0 Å². The molecule has 1 aliphatic heterocycles. The normalized spacial score (nSPS) is 19.1. The quantitative estimate of drug-likeness (QED) is 0.840. The van der Waals surface area contributed by atoms with Crippen molar-refractivity contribution in [1.82, 2.24) is 19.9 Å². The number of carbonyl (C=O) groups is 2. The van der Waals surface area contributed by atoms with Crippen LogP contribution in [0.25, 0.3) is 0 Å². The molecule has 26 heavy (non-hydrogen) atoms. The molecule has 2 aromatic heterocycles. The lowest BCUT2D eigenvalue weighted by Crippen LogP contribution is -2.39. The van der Waals surface area contributed by atoms with Gasteiger partial charge in [0, 0.05) is 36.2 Å². The van der Waals surface area contributed by atoms with Crippen molar-refractivity contribution < 1.29 is 9.59 Å². The zero-order valence-electron chi connectivity index (χ0n) is 14.2. The molecule has 2 aromatic rings. The van der Waals surface area contributed by atoms with Crippen LogP contribution in [0.15, 0.2) is 30.7 Å². The first kappa shape index (κ1) is 16.8. The number of nitrogens with one attached hydrogen (secondary N) is 1. The Morgan fingerprint density at radius 3 is 2.96 bits per heavy atom. The number of amides is 2. The summed E-state index contributed by atoms with van der Waals surface area (Å²) in [7, 11) is 0. The van der Waals surface area contributed by atoms with E-state index in [9.17, 15) is 9.59 Å². The summed E-state index contributed by atoms with van der Waals surface area (Å²) in [6, 6.07) is 0. The summed E-state index contributed by atoms with van der Waals surface area (Å²) in [5.74, 6) is 0.00923. The smallest absolute Gasteiger partial charge is 0.277 e. The molecule has 0 unspecified atom stereocenters. The van der Waals surface area contributed by atoms with Crippen LogP contribution in [0.4, 0.5) is 5.13 Å². The summed E-state index contributed by atoms with van der Waals surface area (Å²) in [5.41, 5.74) is 1.22. The van der Waals surface area contributed by atoms with Crippen molar-refractivity contribution in [3.05, 3.63) is 47.0 Å². The molecule has 4 rings (SSSR count). The highest BCUT2D eigenvalue weighted by Gasteiger charge is 2.29. The summed E-state index contributed by atoms with van der Waals surface area (Å²) in [5, 5.41) is 3.32. The van der Waals surface area contributed by atoms with Gasteiger partial charge in [-0.3, -0.25) is 19.9 Å². The highest BCUT2D eigenvalue weighted by Crippen LogP contribution is 2.30. The standard InChI is InChI=1S/C18H19N5O2S/c24-16(14-10-19-7-8-20-14)22-18-21-13-6-9-23(11-15(13)26-18)17(25)12-4-2-1-3-5-12/h1-2,7-8,10,12H,3-6,9,11H2,(H,21,22,24)/t12-/m1/s1. The number of aromatic nitrogens is 3. The van der Waals surface area contributed by atoms with E-state index in [4.69, 9.17) is 0 Å². The van der Waals surface area contributed by atoms with Gasteiger partial charge in [0.25, 0.3) is 5.91 Å². The lowest BCUT2D eigenvalue weighted by Gasteiger charge is -2.30. The maximum Gasteiger partial charge on any atom is 0.277 e. The molecular formula is C18H19N5O2S. The molecule has 0 saturated heterocycles. The van der Waals surface area contributed by atoms with Crippen LogP contribution in [-0.2, 0) is 17.8 Å². The molecule has 0 radical (unpaired) electrons. The minimum Gasteiger partial charge on any atom is -0.337 e. The number of anilines is 1. The SMILES string of the molecule is O=C(Nc1nc2c(s1)CN(C(=O)[C@@H]1CC=CCC1)CC2)c1cnccn1. The van der Waals surface area contributed by atoms with Gasteiger partial charge < -0.3 is 4.90 Å². The first-order valence-electron chi connectivity index (χ1n) is 8.70. The first-order valence-corrected chi connectivity index (χ1v) is 9.52. The first-order chi connectivity index (χ1) is 12.7. The average molecular weight is 369 g/mol. The second-order valence-corrected chi connectivity index (χ2v) is 7.51. The molecule has 1 N–H and O–H groups in total. The fourth-order valence-corrected chi connectivity index (χ4v) is 4.31. The summed E-state index contributed by atoms with van der Waals surface area (Å²) in [6.45, 7) is 1.26. The maximum absolute atomic E-state index is 12.7. The summed E-state index contributed by atoms with van der Waals surface area (Å²) in [6.07, 6.45) is 12.1. The number of thiazole rings is 1. The minimum atomic E-state index is -0.328. The van der Waals surface area contributed by atoms with Gasteiger partial charge in [0.05, 0.1) is 18.4 Å². The van der Waals surface area contributed by atoms with Gasteiger partial charge in [0.1, 0.15) is 5.69 Å². The number of rotatable bonds is 3. The Morgan fingerprint density at radius 1 is 1.27 bits per heavy atom. The van der Waals surface area contributed by atoms with Gasteiger partial charge in [0.2, 0.25) is 5.91 Å². The Balaban J connectivity index is 1.43. The van der Waals surface area contributed by atoms with E-state index >= 15 is 0 Å². The highest BCUT2D eigenvalue weighted by atomic mass is 32.1. The lowest BCUT2D eigenvalue weighted by atomic mass is 9.92. The molecule has 0 saturated carbocycles. The number of hydrogen-bond donors (Lipinski definition) is 1. The van der Waals surface area contributed by atoms with Gasteiger partial charge in [-0.2, -0.15) is 0 Å². The number of hydrogen-bond acceptors (Lipinski definition) is 6. The zero-order valence-corrected chi connectivity index (χ0v) is 15.0. The fraction of sp³-hybridized carbons (Fsp3) is 0.389. The van der Waals surface area contributed by atoms with Crippen molar-refractivity contribution in [2.75, 3.05) is 11.9 Å². The Labute approximate surface area is 155 Å². The van der Waals surface area contributed by atoms with Crippen molar-refractivity contribution in [2.24, 2.45) is 5.92 Å². The van der Waals surface area contributed by atoms with Crippen molar-refractivity contribution in [3.63, 3.8) is 0 Å². The lowest BCUT2D eigenvalue weighted by molar-refractivity contribution is -0.136. The molecular weight excluding hydrogens is 350 g/mol. The molecule has 0 fully saturated rings. The predicted octanol–water partition coefficient (Wildman–Crippen LogP) is 2.43. The molecule has 7 nitrogen and oxygen atoms in total. The van der Waals surface area contributed by atoms with Crippen LogP contribution < -0.4 is 5.32 Å². The molecule has 3 heterocycles. The second kappa shape index (κ2) is 7.33. The molecule has 1 aliphatic carbocycles. The second-order valence-electron chi connectivity index (χ2n) is 6.42. The van der Waals surface area contributed by atoms with Crippen LogP contribution >= 0.6 is 11.3 Å². The largest absolute Gasteiger partial charge is 0.337 e. The van der Waals surface area contributed by atoms with Crippen LogP contribution in [0.5, 0.6) is 0 Å². The minimum absolute atomic E-state index is 0.102. The van der Waals surface area contributed by atoms with Crippen molar-refractivity contribution in [1.29, 1.82) is 0 Å². The molecule has 8 heteroatoms. The molecule has 0 aromatic carbocycles. The monoisotopic (exact) mass is 369 g/mol. The van der Waals surface area contributed by atoms with Gasteiger partial charge in [-0.15, -0.1) is 0 Å². The van der Waals surface area contributed by atoms with Crippen LogP contribution in [0.1, 0.15) is 40.3 Å². The Hall–Kier alpha value is -2.61. The van der Waals surface area contributed by atoms with Crippen molar-refractivity contribution in [2.45, 2.75) is 32.2 Å². The van der Waals surface area contributed by atoms with E-state index < -0.39 is 0 Å². The van der Waals surface area contributed by atoms with Crippen molar-refractivity contribution in [3.8, 4) is 0 Å². The molecule has 0 spiro atoms. The van der Waals surface area contributed by atoms with E-state index in [1.165, 1.54) is 29.9 Å². The molecule has 2 amide bonds. The summed E-state index contributed by atoms with van der Waals surface area (Å²) in [4.78, 5) is 40.3. The molecule has 0 bridgehead atoms. The van der Waals surface area contributed by atoms with E-state index in [0.717, 1.165) is 36.3 Å². The zero-order chi connectivity index (χ0) is 17.9. The van der Waals surface area contributed by atoms with E-state index in [2.05, 4.69) is 32.4 Å². The number of nitrogens with zero attached hydrogens (tertiary/aromatic N) is 4. The Kier molecular flexibility index (Phi) is 4.75. The molecule has 2 aliphatic rings. The Bertz CT molecular complexity index is 849. The maximum atomic E-state index is 12.7. The average Bonchev–Trinajstić information content (AvgIpc) is 3.10. The third-order valence-electron chi connectivity index (χ3n) is 4.68. The predicted molar refractivity (Wildman–Crippen MR) is 97.7 cm³/mol. The van der Waals surface area contributed by atoms with Gasteiger partial charge in [-0.1, -0.05) is 23.5 Å².